The first-order chi connectivity index (χ1) is 27.8. The van der Waals surface area contributed by atoms with Gasteiger partial charge in [-0.25, -0.2) is 0 Å². The summed E-state index contributed by atoms with van der Waals surface area (Å²) >= 11 is 0. The maximum atomic E-state index is 2.89. The van der Waals surface area contributed by atoms with E-state index in [-0.39, 0.29) is 26.2 Å². The van der Waals surface area contributed by atoms with Crippen molar-refractivity contribution in [3.8, 4) is 0 Å². The molecule has 0 fully saturated rings. The predicted molar refractivity (Wildman–Crippen MR) is 247 cm³/mol. The Balaban J connectivity index is 0.000000147. The van der Waals surface area contributed by atoms with Gasteiger partial charge in [0.2, 0.25) is 0 Å². The average molecular weight is 844 g/mol. The van der Waals surface area contributed by atoms with E-state index in [1.807, 2.05) is 60.7 Å². The van der Waals surface area contributed by atoms with Gasteiger partial charge in [-0.15, -0.1) is 35.0 Å². The van der Waals surface area contributed by atoms with E-state index in [4.69, 9.17) is 0 Å². The molecular weight excluding hydrogens is 802 g/mol. The van der Waals surface area contributed by atoms with Gasteiger partial charge in [0.15, 0.2) is 0 Å². The van der Waals surface area contributed by atoms with Crippen molar-refractivity contribution >= 4 is 69.2 Å². The second kappa shape index (κ2) is 22.5. The zero-order chi connectivity index (χ0) is 38.0. The average Bonchev–Trinajstić information content (AvgIpc) is 3.97. The summed E-state index contributed by atoms with van der Waals surface area (Å²) in [4.78, 5) is 0. The van der Waals surface area contributed by atoms with Crippen LogP contribution >= 0.6 is 15.8 Å². The minimum Gasteiger partial charge on any atom is -0.184 e. The van der Waals surface area contributed by atoms with Crippen LogP contribution in [0.2, 0.25) is 0 Å². The quantitative estimate of drug-likeness (QED) is 0.116. The SMILES string of the molecule is [Zr+4].[c-]1ccccc1.[c-]1ccccc1.c1ccc(P(c2ccccc2)c2ccc3[cH-]ccc3c2)cc1.c1ccc(P(c2ccccc2)c2ccc3[cH-]ccc3c2)cc1. The second-order valence-corrected chi connectivity index (χ2v) is 17.3. The van der Waals surface area contributed by atoms with E-state index in [9.17, 15) is 0 Å². The van der Waals surface area contributed by atoms with Crippen molar-refractivity contribution < 1.29 is 26.2 Å². The van der Waals surface area contributed by atoms with Crippen LogP contribution in [0, 0.1) is 12.1 Å². The molecule has 10 aromatic carbocycles. The van der Waals surface area contributed by atoms with Crippen LogP contribution in [0.4, 0.5) is 0 Å². The molecule has 0 aliphatic heterocycles. The largest absolute Gasteiger partial charge is 4.00 e. The summed E-state index contributed by atoms with van der Waals surface area (Å²) in [6, 6.07) is 95.1. The van der Waals surface area contributed by atoms with Crippen molar-refractivity contribution in [1.29, 1.82) is 0 Å². The Morgan fingerprint density at radius 3 is 0.860 bits per heavy atom. The fraction of sp³-hybridized carbons (Fsp3) is 0. The van der Waals surface area contributed by atoms with E-state index in [1.54, 1.807) is 0 Å². The van der Waals surface area contributed by atoms with Crippen LogP contribution in [0.3, 0.4) is 0 Å². The molecule has 57 heavy (non-hydrogen) atoms. The summed E-state index contributed by atoms with van der Waals surface area (Å²) in [7, 11) is -1.00. The molecule has 0 bridgehead atoms. The Morgan fingerprint density at radius 1 is 0.298 bits per heavy atom. The molecule has 0 saturated heterocycles. The molecule has 0 radical (unpaired) electrons. The van der Waals surface area contributed by atoms with Crippen LogP contribution in [-0.4, -0.2) is 0 Å². The summed E-state index contributed by atoms with van der Waals surface area (Å²) in [6.45, 7) is 0. The van der Waals surface area contributed by atoms with Crippen LogP contribution < -0.4 is 31.8 Å². The molecular formula is C54H42P2Zr. The van der Waals surface area contributed by atoms with E-state index in [0.29, 0.717) is 0 Å². The molecule has 0 saturated carbocycles. The van der Waals surface area contributed by atoms with E-state index in [1.165, 1.54) is 53.4 Å². The topological polar surface area (TPSA) is 0 Å². The molecule has 0 heterocycles. The molecule has 0 aliphatic rings. The fourth-order valence-corrected chi connectivity index (χ4v) is 11.0. The standard InChI is InChI=1S/2C21H16P.2C6H5.Zr/c2*1-3-10-19(11-4-1)22(20-12-5-2-6-13-20)21-15-14-17-8-7-9-18(17)16-21;2*1-2-4-6-5-3-1;/h2*1-16H;2*1-5H;/q4*-1;+4. The maximum absolute atomic E-state index is 2.89. The second-order valence-electron chi connectivity index (χ2n) is 12.8. The molecule has 0 atom stereocenters. The van der Waals surface area contributed by atoms with Gasteiger partial charge in [-0.1, -0.05) is 146 Å². The van der Waals surface area contributed by atoms with E-state index < -0.39 is 15.8 Å². The molecule has 0 N–H and O–H groups in total. The van der Waals surface area contributed by atoms with Crippen LogP contribution in [0.5, 0.6) is 0 Å². The first-order valence-electron chi connectivity index (χ1n) is 18.8. The number of hydrogen-bond acceptors (Lipinski definition) is 0. The molecule has 0 amide bonds. The van der Waals surface area contributed by atoms with Gasteiger partial charge in [0.05, 0.1) is 0 Å². The molecule has 10 rings (SSSR count). The van der Waals surface area contributed by atoms with E-state index in [0.717, 1.165) is 0 Å². The molecule has 0 aromatic heterocycles. The number of fused-ring (bicyclic) bond motifs is 2. The van der Waals surface area contributed by atoms with Crippen molar-refractivity contribution in [2.75, 3.05) is 0 Å². The van der Waals surface area contributed by atoms with E-state index in [2.05, 4.69) is 206 Å². The van der Waals surface area contributed by atoms with Crippen molar-refractivity contribution in [2.24, 2.45) is 0 Å². The van der Waals surface area contributed by atoms with Gasteiger partial charge in [0.1, 0.15) is 0 Å². The Bertz CT molecular complexity index is 2250. The Labute approximate surface area is 359 Å². The molecule has 3 heteroatoms. The van der Waals surface area contributed by atoms with Gasteiger partial charge in [0.25, 0.3) is 0 Å². The van der Waals surface area contributed by atoms with Gasteiger partial charge < -0.3 is 0 Å². The first kappa shape index (κ1) is 41.4. The minimum absolute atomic E-state index is 0. The van der Waals surface area contributed by atoms with Gasteiger partial charge in [-0.2, -0.15) is 108 Å². The normalized spacial score (nSPS) is 10.3. The minimum atomic E-state index is -0.500. The van der Waals surface area contributed by atoms with Crippen molar-refractivity contribution in [3.05, 3.63) is 267 Å². The van der Waals surface area contributed by atoms with Crippen LogP contribution in [0.15, 0.2) is 255 Å². The first-order valence-corrected chi connectivity index (χ1v) is 21.5. The monoisotopic (exact) mass is 842 g/mol. The van der Waals surface area contributed by atoms with Crippen LogP contribution in [0.1, 0.15) is 0 Å². The van der Waals surface area contributed by atoms with Crippen LogP contribution in [0.25, 0.3) is 21.5 Å². The zero-order valence-electron chi connectivity index (χ0n) is 31.6. The number of benzene rings is 8. The smallest absolute Gasteiger partial charge is 0.184 e. The third kappa shape index (κ3) is 11.9. The van der Waals surface area contributed by atoms with Crippen molar-refractivity contribution in [2.45, 2.75) is 0 Å². The van der Waals surface area contributed by atoms with Gasteiger partial charge in [-0.3, -0.25) is 0 Å². The summed E-state index contributed by atoms with van der Waals surface area (Å²) in [6.07, 6.45) is 0. The third-order valence-corrected chi connectivity index (χ3v) is 13.9. The maximum Gasteiger partial charge on any atom is 4.00 e. The van der Waals surface area contributed by atoms with Gasteiger partial charge >= 0.3 is 26.2 Å². The molecule has 0 spiro atoms. The zero-order valence-corrected chi connectivity index (χ0v) is 35.9. The molecule has 0 aliphatic carbocycles. The van der Waals surface area contributed by atoms with Crippen molar-refractivity contribution in [3.63, 3.8) is 0 Å². The predicted octanol–water partition coefficient (Wildman–Crippen LogP) is 11.6. The Kier molecular flexibility index (Phi) is 16.3. The van der Waals surface area contributed by atoms with Gasteiger partial charge in [-0.05, 0) is 47.7 Å². The van der Waals surface area contributed by atoms with Crippen molar-refractivity contribution in [1.82, 2.24) is 0 Å². The van der Waals surface area contributed by atoms with E-state index >= 15 is 0 Å². The molecule has 272 valence electrons. The Hall–Kier alpha value is -5.28. The summed E-state index contributed by atoms with van der Waals surface area (Å²) in [5.74, 6) is 0. The molecule has 10 aromatic rings. The molecule has 0 nitrogen and oxygen atoms in total. The number of rotatable bonds is 6. The Morgan fingerprint density at radius 2 is 0.596 bits per heavy atom. The number of hydrogen-bond donors (Lipinski definition) is 0. The molecule has 0 unspecified atom stereocenters. The van der Waals surface area contributed by atoms with Crippen LogP contribution in [-0.2, 0) is 26.2 Å². The summed E-state index contributed by atoms with van der Waals surface area (Å²) in [5.41, 5.74) is 0. The fourth-order valence-electron chi connectivity index (χ4n) is 6.39. The third-order valence-electron chi connectivity index (χ3n) is 9.03. The van der Waals surface area contributed by atoms with Gasteiger partial charge in [0, 0.05) is 0 Å². The summed E-state index contributed by atoms with van der Waals surface area (Å²) in [5, 5.41) is 13.7. The summed E-state index contributed by atoms with van der Waals surface area (Å²) < 4.78 is 0.